The average molecular weight is 442 g/mol. The molecule has 0 saturated heterocycles. The summed E-state index contributed by atoms with van der Waals surface area (Å²) in [5.74, 6) is 1.86. The number of hydrogen-bond donors (Lipinski definition) is 1. The molecule has 170 valence electrons. The first kappa shape index (κ1) is 22.6. The van der Waals surface area contributed by atoms with E-state index in [2.05, 4.69) is 41.9 Å². The van der Waals surface area contributed by atoms with E-state index in [1.807, 2.05) is 55.5 Å². The van der Waals surface area contributed by atoms with Crippen LogP contribution in [-0.2, 0) is 13.0 Å². The average Bonchev–Trinajstić information content (AvgIpc) is 3.15. The Kier molecular flexibility index (Phi) is 7.08. The number of fused-ring (bicyclic) bond motifs is 1. The first-order valence-electron chi connectivity index (χ1n) is 11.5. The molecule has 3 aromatic carbocycles. The maximum atomic E-state index is 12.4. The van der Waals surface area contributed by atoms with Gasteiger partial charge in [0.05, 0.1) is 17.6 Å². The summed E-state index contributed by atoms with van der Waals surface area (Å²) >= 11 is 0. The van der Waals surface area contributed by atoms with E-state index in [0.717, 1.165) is 46.7 Å². The molecule has 1 heterocycles. The van der Waals surface area contributed by atoms with Gasteiger partial charge >= 0.3 is 0 Å². The van der Waals surface area contributed by atoms with Gasteiger partial charge in [-0.25, -0.2) is 4.98 Å². The molecule has 1 N–H and O–H groups in total. The summed E-state index contributed by atoms with van der Waals surface area (Å²) in [6.45, 7) is 8.17. The van der Waals surface area contributed by atoms with Gasteiger partial charge in [0.2, 0.25) is 0 Å². The molecule has 33 heavy (non-hydrogen) atoms. The van der Waals surface area contributed by atoms with Crippen LogP contribution in [0, 0.1) is 20.8 Å². The Morgan fingerprint density at radius 2 is 1.73 bits per heavy atom. The fourth-order valence-electron chi connectivity index (χ4n) is 4.03. The van der Waals surface area contributed by atoms with Gasteiger partial charge in [-0.15, -0.1) is 0 Å². The summed E-state index contributed by atoms with van der Waals surface area (Å²) in [5.41, 5.74) is 6.31. The van der Waals surface area contributed by atoms with Crippen LogP contribution in [0.15, 0.2) is 66.7 Å². The number of aromatic nitrogens is 2. The molecule has 0 saturated carbocycles. The molecule has 1 amide bonds. The standard InChI is InChI=1S/C28H31N3O2/c1-20-9-12-23(13-10-20)28(32)29-16-15-27-30-24-7-4-5-8-25(24)31(27)17-6-18-33-26-14-11-21(2)19-22(26)3/h4-5,7-14,19H,6,15-18H2,1-3H3,(H,29,32). The van der Waals surface area contributed by atoms with Gasteiger partial charge < -0.3 is 14.6 Å². The second-order valence-corrected chi connectivity index (χ2v) is 8.51. The highest BCUT2D eigenvalue weighted by atomic mass is 16.5. The van der Waals surface area contributed by atoms with Crippen LogP contribution < -0.4 is 10.1 Å². The van der Waals surface area contributed by atoms with Crippen LogP contribution in [-0.4, -0.2) is 28.6 Å². The third kappa shape index (κ3) is 5.61. The summed E-state index contributed by atoms with van der Waals surface area (Å²) in [4.78, 5) is 17.3. The lowest BCUT2D eigenvalue weighted by molar-refractivity contribution is 0.0954. The molecule has 0 aliphatic rings. The zero-order valence-electron chi connectivity index (χ0n) is 19.6. The third-order valence-corrected chi connectivity index (χ3v) is 5.80. The minimum atomic E-state index is -0.0560. The van der Waals surface area contributed by atoms with Crippen LogP contribution in [0.3, 0.4) is 0 Å². The minimum Gasteiger partial charge on any atom is -0.493 e. The van der Waals surface area contributed by atoms with E-state index in [-0.39, 0.29) is 5.91 Å². The molecule has 0 fully saturated rings. The van der Waals surface area contributed by atoms with Crippen molar-refractivity contribution < 1.29 is 9.53 Å². The van der Waals surface area contributed by atoms with Crippen molar-refractivity contribution in [3.8, 4) is 5.75 Å². The van der Waals surface area contributed by atoms with E-state index in [9.17, 15) is 4.79 Å². The molecular weight excluding hydrogens is 410 g/mol. The number of rotatable bonds is 9. The molecule has 0 aliphatic heterocycles. The molecular formula is C28H31N3O2. The third-order valence-electron chi connectivity index (χ3n) is 5.80. The van der Waals surface area contributed by atoms with Crippen molar-refractivity contribution in [2.75, 3.05) is 13.2 Å². The van der Waals surface area contributed by atoms with Crippen LogP contribution >= 0.6 is 0 Å². The quantitative estimate of drug-likeness (QED) is 0.354. The summed E-state index contributed by atoms with van der Waals surface area (Å²) in [7, 11) is 0. The highest BCUT2D eigenvalue weighted by Gasteiger charge is 2.12. The van der Waals surface area contributed by atoms with E-state index in [4.69, 9.17) is 9.72 Å². The Hall–Kier alpha value is -3.60. The SMILES string of the molecule is Cc1ccc(C(=O)NCCc2nc3ccccc3n2CCCOc2ccc(C)cc2C)cc1. The molecule has 1 aromatic heterocycles. The van der Waals surface area contributed by atoms with E-state index >= 15 is 0 Å². The summed E-state index contributed by atoms with van der Waals surface area (Å²) in [6.07, 6.45) is 1.54. The Bertz CT molecular complexity index is 1240. The molecule has 0 spiro atoms. The first-order valence-corrected chi connectivity index (χ1v) is 11.5. The molecule has 5 nitrogen and oxygen atoms in total. The molecule has 5 heteroatoms. The Labute approximate surface area is 195 Å². The maximum Gasteiger partial charge on any atom is 0.251 e. The van der Waals surface area contributed by atoms with Gasteiger partial charge in [0.25, 0.3) is 5.91 Å². The number of imidazole rings is 1. The number of ether oxygens (including phenoxy) is 1. The second kappa shape index (κ2) is 10.3. The van der Waals surface area contributed by atoms with Crippen molar-refractivity contribution in [3.63, 3.8) is 0 Å². The van der Waals surface area contributed by atoms with Gasteiger partial charge in [-0.2, -0.15) is 0 Å². The highest BCUT2D eigenvalue weighted by molar-refractivity contribution is 5.94. The van der Waals surface area contributed by atoms with Gasteiger partial charge in [-0.05, 0) is 63.1 Å². The van der Waals surface area contributed by atoms with Crippen molar-refractivity contribution in [1.29, 1.82) is 0 Å². The number of aryl methyl sites for hydroxylation is 4. The van der Waals surface area contributed by atoms with E-state index in [1.54, 1.807) is 0 Å². The van der Waals surface area contributed by atoms with Crippen LogP contribution in [0.4, 0.5) is 0 Å². The summed E-state index contributed by atoms with van der Waals surface area (Å²) in [5, 5.41) is 3.02. The zero-order valence-corrected chi connectivity index (χ0v) is 19.6. The molecule has 4 aromatic rings. The van der Waals surface area contributed by atoms with Gasteiger partial charge in [-0.3, -0.25) is 4.79 Å². The van der Waals surface area contributed by atoms with Crippen LogP contribution in [0.1, 0.15) is 39.3 Å². The number of benzene rings is 3. The first-order chi connectivity index (χ1) is 16.0. The Morgan fingerprint density at radius 1 is 0.970 bits per heavy atom. The fourth-order valence-corrected chi connectivity index (χ4v) is 4.03. The monoisotopic (exact) mass is 441 g/mol. The van der Waals surface area contributed by atoms with Gasteiger partial charge in [0, 0.05) is 25.1 Å². The lowest BCUT2D eigenvalue weighted by Crippen LogP contribution is -2.26. The molecule has 0 bridgehead atoms. The maximum absolute atomic E-state index is 12.4. The van der Waals surface area contributed by atoms with E-state index in [0.29, 0.717) is 25.1 Å². The zero-order chi connectivity index (χ0) is 23.2. The lowest BCUT2D eigenvalue weighted by atomic mass is 10.1. The highest BCUT2D eigenvalue weighted by Crippen LogP contribution is 2.20. The fraction of sp³-hybridized carbons (Fsp3) is 0.286. The smallest absolute Gasteiger partial charge is 0.251 e. The van der Waals surface area contributed by atoms with Crippen LogP contribution in [0.25, 0.3) is 11.0 Å². The summed E-state index contributed by atoms with van der Waals surface area (Å²) in [6, 6.07) is 22.1. The van der Waals surface area contributed by atoms with Gasteiger partial charge in [0.1, 0.15) is 11.6 Å². The number of nitrogens with one attached hydrogen (secondary N) is 1. The lowest BCUT2D eigenvalue weighted by Gasteiger charge is -2.12. The van der Waals surface area contributed by atoms with Gasteiger partial charge in [0.15, 0.2) is 0 Å². The number of hydrogen-bond acceptors (Lipinski definition) is 3. The minimum absolute atomic E-state index is 0.0560. The number of nitrogens with zero attached hydrogens (tertiary/aromatic N) is 2. The Morgan fingerprint density at radius 3 is 2.52 bits per heavy atom. The van der Waals surface area contributed by atoms with Crippen molar-refractivity contribution in [2.24, 2.45) is 0 Å². The second-order valence-electron chi connectivity index (χ2n) is 8.51. The van der Waals surface area contributed by atoms with Crippen molar-refractivity contribution in [2.45, 2.75) is 40.2 Å². The van der Waals surface area contributed by atoms with E-state index in [1.165, 1.54) is 5.56 Å². The molecule has 0 atom stereocenters. The van der Waals surface area contributed by atoms with Crippen LogP contribution in [0.2, 0.25) is 0 Å². The van der Waals surface area contributed by atoms with Crippen LogP contribution in [0.5, 0.6) is 5.75 Å². The number of amides is 1. The van der Waals surface area contributed by atoms with Gasteiger partial charge in [-0.1, -0.05) is 47.5 Å². The summed E-state index contributed by atoms with van der Waals surface area (Å²) < 4.78 is 8.27. The molecule has 4 rings (SSSR count). The predicted octanol–water partition coefficient (Wildman–Crippen LogP) is 5.40. The largest absolute Gasteiger partial charge is 0.493 e. The number of carbonyl (C=O) groups is 1. The van der Waals surface area contributed by atoms with Crippen molar-refractivity contribution >= 4 is 16.9 Å². The molecule has 0 aliphatic carbocycles. The molecule has 0 radical (unpaired) electrons. The predicted molar refractivity (Wildman–Crippen MR) is 133 cm³/mol. The molecule has 0 unspecified atom stereocenters. The normalized spacial score (nSPS) is 11.0. The van der Waals surface area contributed by atoms with Crippen molar-refractivity contribution in [1.82, 2.24) is 14.9 Å². The Balaban J connectivity index is 1.37. The topological polar surface area (TPSA) is 56.2 Å². The van der Waals surface area contributed by atoms with Crippen molar-refractivity contribution in [3.05, 3.63) is 94.8 Å². The van der Waals surface area contributed by atoms with E-state index < -0.39 is 0 Å². The number of para-hydroxylation sites is 2. The number of carbonyl (C=O) groups excluding carboxylic acids is 1.